The summed E-state index contributed by atoms with van der Waals surface area (Å²) in [6, 6.07) is 11.4. The van der Waals surface area contributed by atoms with Crippen molar-refractivity contribution in [3.8, 4) is 11.4 Å². The summed E-state index contributed by atoms with van der Waals surface area (Å²) in [7, 11) is 0. The van der Waals surface area contributed by atoms with Gasteiger partial charge in [0.05, 0.1) is 5.60 Å². The van der Waals surface area contributed by atoms with Crippen LogP contribution in [0, 0.1) is 0 Å². The first-order valence-electron chi connectivity index (χ1n) is 7.31. The lowest BCUT2D eigenvalue weighted by molar-refractivity contribution is 0.0614. The molecule has 1 saturated carbocycles. The van der Waals surface area contributed by atoms with E-state index in [1.165, 1.54) is 0 Å². The molecule has 21 heavy (non-hydrogen) atoms. The van der Waals surface area contributed by atoms with Crippen LogP contribution in [0.1, 0.15) is 25.7 Å². The molecule has 0 aliphatic heterocycles. The Hall–Kier alpha value is -2.14. The van der Waals surface area contributed by atoms with Crippen molar-refractivity contribution in [2.75, 3.05) is 17.6 Å². The van der Waals surface area contributed by atoms with Gasteiger partial charge >= 0.3 is 0 Å². The van der Waals surface area contributed by atoms with Crippen LogP contribution in [0.15, 0.2) is 36.4 Å². The molecule has 1 aromatic carbocycles. The van der Waals surface area contributed by atoms with E-state index in [-0.39, 0.29) is 0 Å². The van der Waals surface area contributed by atoms with Crippen LogP contribution in [0.5, 0.6) is 0 Å². The molecule has 4 N–H and O–H groups in total. The van der Waals surface area contributed by atoms with Gasteiger partial charge in [0.25, 0.3) is 0 Å². The van der Waals surface area contributed by atoms with Crippen LogP contribution in [0.4, 0.5) is 11.6 Å². The van der Waals surface area contributed by atoms with Crippen LogP contribution in [-0.4, -0.2) is 27.2 Å². The Labute approximate surface area is 124 Å². The van der Waals surface area contributed by atoms with Gasteiger partial charge < -0.3 is 16.2 Å². The summed E-state index contributed by atoms with van der Waals surface area (Å²) in [4.78, 5) is 8.75. The van der Waals surface area contributed by atoms with E-state index in [1.54, 1.807) is 6.07 Å². The third-order valence-electron chi connectivity index (χ3n) is 3.91. The lowest BCUT2D eigenvalue weighted by atomic mass is 10.0. The van der Waals surface area contributed by atoms with Gasteiger partial charge in [-0.2, -0.15) is 0 Å². The standard InChI is InChI=1S/C16H20N4O/c17-13-10-14(18-11-16(21)8-4-5-9-16)20-15(19-13)12-6-2-1-3-7-12/h1-3,6-7,10,21H,4-5,8-9,11H2,(H3,17,18,19,20). The maximum atomic E-state index is 10.4. The fourth-order valence-corrected chi connectivity index (χ4v) is 2.74. The van der Waals surface area contributed by atoms with Gasteiger partial charge in [0.2, 0.25) is 0 Å². The average Bonchev–Trinajstić information content (AvgIpc) is 2.93. The number of hydrogen-bond donors (Lipinski definition) is 3. The molecule has 5 nitrogen and oxygen atoms in total. The van der Waals surface area contributed by atoms with Gasteiger partial charge in [-0.1, -0.05) is 43.2 Å². The Morgan fingerprint density at radius 1 is 1.14 bits per heavy atom. The van der Waals surface area contributed by atoms with Crippen molar-refractivity contribution in [1.29, 1.82) is 0 Å². The molecule has 3 rings (SSSR count). The zero-order valence-electron chi connectivity index (χ0n) is 11.9. The first-order valence-corrected chi connectivity index (χ1v) is 7.31. The number of rotatable bonds is 4. The molecular weight excluding hydrogens is 264 g/mol. The molecular formula is C16H20N4O. The van der Waals surface area contributed by atoms with Gasteiger partial charge in [0, 0.05) is 18.2 Å². The summed E-state index contributed by atoms with van der Waals surface area (Å²) >= 11 is 0. The van der Waals surface area contributed by atoms with Crippen LogP contribution >= 0.6 is 0 Å². The van der Waals surface area contributed by atoms with Gasteiger partial charge in [-0.15, -0.1) is 0 Å². The first kappa shape index (κ1) is 13.8. The number of benzene rings is 1. The van der Waals surface area contributed by atoms with Crippen LogP contribution in [0.3, 0.4) is 0 Å². The molecule has 0 saturated heterocycles. The lowest BCUT2D eigenvalue weighted by Crippen LogP contribution is -2.33. The second kappa shape index (κ2) is 5.69. The molecule has 0 unspecified atom stereocenters. The Balaban J connectivity index is 1.78. The number of nitrogens with one attached hydrogen (secondary N) is 1. The topological polar surface area (TPSA) is 84.1 Å². The Bertz CT molecular complexity index is 609. The summed E-state index contributed by atoms with van der Waals surface area (Å²) in [6.07, 6.45) is 3.84. The molecule has 110 valence electrons. The predicted octanol–water partition coefficient (Wildman–Crippen LogP) is 2.44. The van der Waals surface area contributed by atoms with Crippen molar-refractivity contribution in [2.24, 2.45) is 0 Å². The molecule has 0 bridgehead atoms. The van der Waals surface area contributed by atoms with Crippen molar-refractivity contribution in [1.82, 2.24) is 9.97 Å². The van der Waals surface area contributed by atoms with E-state index in [0.29, 0.717) is 24.0 Å². The molecule has 0 spiro atoms. The molecule has 1 aliphatic rings. The van der Waals surface area contributed by atoms with Gasteiger partial charge in [-0.05, 0) is 12.8 Å². The summed E-state index contributed by atoms with van der Waals surface area (Å²) < 4.78 is 0. The minimum absolute atomic E-state index is 0.421. The van der Waals surface area contributed by atoms with Gasteiger partial charge in [0.1, 0.15) is 11.6 Å². The molecule has 5 heteroatoms. The monoisotopic (exact) mass is 284 g/mol. The van der Waals surface area contributed by atoms with Gasteiger partial charge in [-0.25, -0.2) is 9.97 Å². The van der Waals surface area contributed by atoms with Crippen LogP contribution in [0.25, 0.3) is 11.4 Å². The molecule has 1 fully saturated rings. The Morgan fingerprint density at radius 3 is 2.57 bits per heavy atom. The van der Waals surface area contributed by atoms with E-state index in [2.05, 4.69) is 15.3 Å². The van der Waals surface area contributed by atoms with Crippen molar-refractivity contribution in [2.45, 2.75) is 31.3 Å². The highest BCUT2D eigenvalue weighted by Crippen LogP contribution is 2.29. The molecule has 1 aromatic heterocycles. The smallest absolute Gasteiger partial charge is 0.163 e. The molecule has 2 aromatic rings. The average molecular weight is 284 g/mol. The number of nitrogens with zero attached hydrogens (tertiary/aromatic N) is 2. The van der Waals surface area contributed by atoms with E-state index in [1.807, 2.05) is 30.3 Å². The highest BCUT2D eigenvalue weighted by molar-refractivity contribution is 5.60. The van der Waals surface area contributed by atoms with Crippen LogP contribution < -0.4 is 11.1 Å². The maximum Gasteiger partial charge on any atom is 0.163 e. The zero-order valence-corrected chi connectivity index (χ0v) is 11.9. The van der Waals surface area contributed by atoms with Crippen molar-refractivity contribution in [3.63, 3.8) is 0 Å². The number of hydrogen-bond acceptors (Lipinski definition) is 5. The number of aromatic nitrogens is 2. The summed E-state index contributed by atoms with van der Waals surface area (Å²) in [5.74, 6) is 1.67. The quantitative estimate of drug-likeness (QED) is 0.803. The normalized spacial score (nSPS) is 16.8. The molecule has 0 amide bonds. The fourth-order valence-electron chi connectivity index (χ4n) is 2.74. The largest absolute Gasteiger partial charge is 0.388 e. The minimum atomic E-state index is -0.618. The van der Waals surface area contributed by atoms with Gasteiger partial charge in [0.15, 0.2) is 5.82 Å². The second-order valence-electron chi connectivity index (χ2n) is 5.65. The predicted molar refractivity (Wildman–Crippen MR) is 83.8 cm³/mol. The highest BCUT2D eigenvalue weighted by atomic mass is 16.3. The van der Waals surface area contributed by atoms with Crippen molar-refractivity contribution >= 4 is 11.6 Å². The number of nitrogens with two attached hydrogens (primary N) is 1. The van der Waals surface area contributed by atoms with Crippen LogP contribution in [0.2, 0.25) is 0 Å². The van der Waals surface area contributed by atoms with E-state index >= 15 is 0 Å². The Kier molecular flexibility index (Phi) is 3.75. The minimum Gasteiger partial charge on any atom is -0.388 e. The van der Waals surface area contributed by atoms with Gasteiger partial charge in [-0.3, -0.25) is 0 Å². The van der Waals surface area contributed by atoms with E-state index in [0.717, 1.165) is 31.2 Å². The van der Waals surface area contributed by atoms with E-state index in [4.69, 9.17) is 5.73 Å². The second-order valence-corrected chi connectivity index (χ2v) is 5.65. The van der Waals surface area contributed by atoms with Crippen molar-refractivity contribution in [3.05, 3.63) is 36.4 Å². The summed E-state index contributed by atoms with van der Waals surface area (Å²) in [5.41, 5.74) is 6.16. The van der Waals surface area contributed by atoms with Crippen LogP contribution in [-0.2, 0) is 0 Å². The Morgan fingerprint density at radius 2 is 1.86 bits per heavy atom. The van der Waals surface area contributed by atoms with Crippen molar-refractivity contribution < 1.29 is 5.11 Å². The van der Waals surface area contributed by atoms with E-state index < -0.39 is 5.60 Å². The lowest BCUT2D eigenvalue weighted by Gasteiger charge is -2.22. The number of nitrogen functional groups attached to an aromatic ring is 1. The molecule has 0 atom stereocenters. The summed E-state index contributed by atoms with van der Waals surface area (Å²) in [6.45, 7) is 0.498. The third kappa shape index (κ3) is 3.31. The third-order valence-corrected chi connectivity index (χ3v) is 3.91. The molecule has 1 aliphatic carbocycles. The SMILES string of the molecule is Nc1cc(NCC2(O)CCCC2)nc(-c2ccccc2)n1. The number of anilines is 2. The molecule has 0 radical (unpaired) electrons. The summed E-state index contributed by atoms with van der Waals surface area (Å²) in [5, 5.41) is 13.6. The highest BCUT2D eigenvalue weighted by Gasteiger charge is 2.30. The first-order chi connectivity index (χ1) is 10.1. The maximum absolute atomic E-state index is 10.4. The molecule has 1 heterocycles. The number of aliphatic hydroxyl groups is 1. The zero-order chi connectivity index (χ0) is 14.7. The van der Waals surface area contributed by atoms with E-state index in [9.17, 15) is 5.11 Å². The fraction of sp³-hybridized carbons (Fsp3) is 0.375.